The van der Waals surface area contributed by atoms with Gasteiger partial charge in [-0.3, -0.25) is 9.79 Å². The van der Waals surface area contributed by atoms with Crippen molar-refractivity contribution in [3.8, 4) is 0 Å². The average Bonchev–Trinajstić information content (AvgIpc) is 2.82. The lowest BCUT2D eigenvalue weighted by Gasteiger charge is -2.36. The lowest BCUT2D eigenvalue weighted by Crippen LogP contribution is -2.51. The van der Waals surface area contributed by atoms with Gasteiger partial charge in [0.2, 0.25) is 5.91 Å². The molecule has 6 nitrogen and oxygen atoms in total. The normalized spacial score (nSPS) is 16.4. The van der Waals surface area contributed by atoms with E-state index in [9.17, 15) is 4.79 Å². The van der Waals surface area contributed by atoms with Gasteiger partial charge in [-0.25, -0.2) is 0 Å². The van der Waals surface area contributed by atoms with Gasteiger partial charge in [0, 0.05) is 62.9 Å². The summed E-state index contributed by atoms with van der Waals surface area (Å²) in [6.07, 6.45) is 2.18. The highest BCUT2D eigenvalue weighted by Crippen LogP contribution is 2.20. The van der Waals surface area contributed by atoms with E-state index in [0.717, 1.165) is 57.1 Å². The Morgan fingerprint density at radius 3 is 2.34 bits per heavy atom. The van der Waals surface area contributed by atoms with Crippen LogP contribution in [-0.4, -0.2) is 60.9 Å². The summed E-state index contributed by atoms with van der Waals surface area (Å²) in [4.78, 5) is 23.5. The Bertz CT molecular complexity index is 928. The zero-order valence-corrected chi connectivity index (χ0v) is 21.3. The minimum atomic E-state index is 0. The fraction of sp³-hybridized carbons (Fsp3) is 0.417. The fourth-order valence-electron chi connectivity index (χ4n) is 4.24. The van der Waals surface area contributed by atoms with E-state index in [0.29, 0.717) is 18.9 Å². The maximum Gasteiger partial charge on any atom is 0.222 e. The first-order valence-electron chi connectivity index (χ1n) is 11.0. The van der Waals surface area contributed by atoms with Crippen LogP contribution < -0.4 is 10.6 Å². The first-order chi connectivity index (χ1) is 15.1. The number of halogens is 2. The molecule has 32 heavy (non-hydrogen) atoms. The number of carbonyl (C=O) groups excluding carboxylic acids is 1. The minimum Gasteiger partial charge on any atom is -0.370 e. The smallest absolute Gasteiger partial charge is 0.222 e. The van der Waals surface area contributed by atoms with Crippen LogP contribution in [0.15, 0.2) is 53.5 Å². The molecule has 0 saturated carbocycles. The predicted octanol–water partition coefficient (Wildman–Crippen LogP) is 3.76. The lowest BCUT2D eigenvalue weighted by atomic mass is 9.99. The van der Waals surface area contributed by atoms with Crippen LogP contribution in [0.1, 0.15) is 24.0 Å². The Balaban J connectivity index is 0.00000289. The fourth-order valence-corrected chi connectivity index (χ4v) is 4.36. The van der Waals surface area contributed by atoms with E-state index >= 15 is 0 Å². The molecular weight excluding hydrogens is 537 g/mol. The Morgan fingerprint density at radius 1 is 0.938 bits per heavy atom. The van der Waals surface area contributed by atoms with Crippen molar-refractivity contribution in [2.75, 3.05) is 44.2 Å². The van der Waals surface area contributed by atoms with Gasteiger partial charge in [-0.15, -0.1) is 24.0 Å². The van der Waals surface area contributed by atoms with Crippen molar-refractivity contribution in [1.29, 1.82) is 0 Å². The molecule has 2 aliphatic heterocycles. The number of anilines is 1. The van der Waals surface area contributed by atoms with E-state index in [1.54, 1.807) is 0 Å². The third-order valence-corrected chi connectivity index (χ3v) is 6.35. The van der Waals surface area contributed by atoms with Crippen LogP contribution in [0.25, 0.3) is 0 Å². The molecule has 2 aliphatic rings. The second-order valence-electron chi connectivity index (χ2n) is 8.13. The summed E-state index contributed by atoms with van der Waals surface area (Å²) in [6, 6.07) is 16.3. The number of fused-ring (bicyclic) bond motifs is 1. The highest BCUT2D eigenvalue weighted by molar-refractivity contribution is 14.0. The van der Waals surface area contributed by atoms with Gasteiger partial charge < -0.3 is 20.4 Å². The van der Waals surface area contributed by atoms with Crippen molar-refractivity contribution < 1.29 is 4.79 Å². The van der Waals surface area contributed by atoms with Crippen molar-refractivity contribution in [3.63, 3.8) is 0 Å². The Morgan fingerprint density at radius 2 is 1.62 bits per heavy atom. The summed E-state index contributed by atoms with van der Waals surface area (Å²) >= 11 is 5.98. The van der Waals surface area contributed by atoms with Gasteiger partial charge in [0.1, 0.15) is 0 Å². The zero-order chi connectivity index (χ0) is 21.6. The molecule has 0 aromatic heterocycles. The molecule has 2 aromatic rings. The number of benzene rings is 2. The van der Waals surface area contributed by atoms with Gasteiger partial charge in [-0.2, -0.15) is 0 Å². The van der Waals surface area contributed by atoms with Crippen molar-refractivity contribution in [2.24, 2.45) is 10.7 Å². The molecule has 0 unspecified atom stereocenters. The van der Waals surface area contributed by atoms with Gasteiger partial charge >= 0.3 is 0 Å². The topological polar surface area (TPSA) is 65.2 Å². The number of nitrogens with zero attached hydrogens (tertiary/aromatic N) is 4. The average molecular weight is 568 g/mol. The van der Waals surface area contributed by atoms with E-state index < -0.39 is 0 Å². The molecule has 2 N–H and O–H groups in total. The molecule has 0 atom stereocenters. The summed E-state index contributed by atoms with van der Waals surface area (Å²) in [5.41, 5.74) is 10.0. The van der Waals surface area contributed by atoms with Crippen LogP contribution in [0.2, 0.25) is 5.02 Å². The number of rotatable bonds is 5. The summed E-state index contributed by atoms with van der Waals surface area (Å²) in [6.45, 7) is 5.57. The van der Waals surface area contributed by atoms with E-state index in [2.05, 4.69) is 33.0 Å². The van der Waals surface area contributed by atoms with Crippen LogP contribution in [0.3, 0.4) is 0 Å². The number of guanidine groups is 1. The van der Waals surface area contributed by atoms with Crippen LogP contribution in [-0.2, 0) is 17.8 Å². The van der Waals surface area contributed by atoms with Crippen LogP contribution in [0, 0.1) is 0 Å². The second-order valence-corrected chi connectivity index (χ2v) is 8.56. The number of hydrogen-bond acceptors (Lipinski definition) is 3. The molecule has 2 heterocycles. The van der Waals surface area contributed by atoms with Crippen LogP contribution in [0.4, 0.5) is 5.69 Å². The van der Waals surface area contributed by atoms with Crippen molar-refractivity contribution in [3.05, 3.63) is 64.7 Å². The molecule has 4 rings (SSSR count). The molecule has 1 saturated heterocycles. The van der Waals surface area contributed by atoms with Gasteiger partial charge in [-0.1, -0.05) is 35.9 Å². The van der Waals surface area contributed by atoms with E-state index in [1.807, 2.05) is 35.2 Å². The molecule has 0 spiro atoms. The number of carbonyl (C=O) groups is 1. The van der Waals surface area contributed by atoms with Gasteiger partial charge in [0.25, 0.3) is 0 Å². The third-order valence-electron chi connectivity index (χ3n) is 6.10. The lowest BCUT2D eigenvalue weighted by molar-refractivity contribution is -0.132. The molecule has 8 heteroatoms. The molecule has 0 aliphatic carbocycles. The quantitative estimate of drug-likeness (QED) is 0.259. The minimum absolute atomic E-state index is 0. The molecule has 2 aromatic carbocycles. The number of piperazine rings is 1. The third kappa shape index (κ3) is 6.28. The summed E-state index contributed by atoms with van der Waals surface area (Å²) < 4.78 is 0. The largest absolute Gasteiger partial charge is 0.370 e. The summed E-state index contributed by atoms with van der Waals surface area (Å²) in [5, 5.41) is 0.752. The summed E-state index contributed by atoms with van der Waals surface area (Å²) in [7, 11) is 0. The predicted molar refractivity (Wildman–Crippen MR) is 142 cm³/mol. The Labute approximate surface area is 212 Å². The van der Waals surface area contributed by atoms with E-state index in [-0.39, 0.29) is 29.9 Å². The second kappa shape index (κ2) is 11.7. The first kappa shape index (κ1) is 24.6. The zero-order valence-electron chi connectivity index (χ0n) is 18.3. The van der Waals surface area contributed by atoms with Crippen molar-refractivity contribution in [1.82, 2.24) is 9.80 Å². The molecule has 1 fully saturated rings. The number of aliphatic imine (C=N–C) groups is 1. The molecule has 0 radical (unpaired) electrons. The van der Waals surface area contributed by atoms with Crippen LogP contribution >= 0.6 is 35.6 Å². The van der Waals surface area contributed by atoms with Crippen molar-refractivity contribution >= 4 is 53.1 Å². The number of hydrogen-bond donors (Lipinski definition) is 1. The van der Waals surface area contributed by atoms with Crippen molar-refractivity contribution in [2.45, 2.75) is 25.8 Å². The molecular formula is C24H31ClIN5O. The van der Waals surface area contributed by atoms with Crippen LogP contribution in [0.5, 0.6) is 0 Å². The van der Waals surface area contributed by atoms with Gasteiger partial charge in [0.05, 0.1) is 0 Å². The Hall–Kier alpha value is -2.00. The first-order valence-corrected chi connectivity index (χ1v) is 11.4. The molecule has 1 amide bonds. The van der Waals surface area contributed by atoms with Gasteiger partial charge in [0.15, 0.2) is 5.96 Å². The maximum absolute atomic E-state index is 12.6. The molecule has 0 bridgehead atoms. The monoisotopic (exact) mass is 567 g/mol. The van der Waals surface area contributed by atoms with E-state index in [4.69, 9.17) is 17.3 Å². The number of nitrogens with two attached hydrogens (primary N) is 1. The highest BCUT2D eigenvalue weighted by atomic mass is 127. The summed E-state index contributed by atoms with van der Waals surface area (Å²) in [5.74, 6) is 0.787. The van der Waals surface area contributed by atoms with Gasteiger partial charge in [-0.05, 0) is 48.2 Å². The van der Waals surface area contributed by atoms with E-state index in [1.165, 1.54) is 16.8 Å². The maximum atomic E-state index is 12.6. The standard InChI is InChI=1S/C24H30ClN5O.HI/c25-21-7-9-22(10-8-21)28-14-16-29(17-15-28)24(26)27-12-3-6-23(31)30-13-11-19-4-1-2-5-20(19)18-30;/h1-2,4-5,7-10H,3,6,11-18H2,(H2,26,27);1H. The SMILES string of the molecule is I.NC(=NCCCC(=O)N1CCc2ccccc2C1)N1CCN(c2ccc(Cl)cc2)CC1. The Kier molecular flexibility index (Phi) is 9.04. The molecule has 172 valence electrons. The number of amides is 1. The highest BCUT2D eigenvalue weighted by Gasteiger charge is 2.20.